The lowest BCUT2D eigenvalue weighted by Crippen LogP contribution is -2.46. The molecule has 0 aliphatic carbocycles. The Kier molecular flexibility index (Phi) is 5.43. The highest BCUT2D eigenvalue weighted by atomic mass is 19.3. The molecule has 0 spiro atoms. The van der Waals surface area contributed by atoms with Gasteiger partial charge in [-0.2, -0.15) is 0 Å². The van der Waals surface area contributed by atoms with Crippen molar-refractivity contribution in [2.45, 2.75) is 45.3 Å². The molecule has 2 aliphatic heterocycles. The molecule has 0 bridgehead atoms. The molecule has 5 rings (SSSR count). The smallest absolute Gasteiger partial charge is 0.261 e. The molecule has 164 valence electrons. The van der Waals surface area contributed by atoms with Crippen LogP contribution in [0, 0.1) is 0 Å². The number of nitrogens with zero attached hydrogens (tertiary/aromatic N) is 6. The quantitative estimate of drug-likeness (QED) is 0.625. The third-order valence-corrected chi connectivity index (χ3v) is 6.33. The number of anilines is 1. The van der Waals surface area contributed by atoms with E-state index in [-0.39, 0.29) is 0 Å². The molecule has 4 heterocycles. The van der Waals surface area contributed by atoms with Crippen LogP contribution >= 0.6 is 0 Å². The number of hydrogen-bond donors (Lipinski definition) is 0. The molecule has 0 radical (unpaired) electrons. The summed E-state index contributed by atoms with van der Waals surface area (Å²) in [6, 6.07) is 5.47. The summed E-state index contributed by atoms with van der Waals surface area (Å²) in [5.74, 6) is 1.16. The van der Waals surface area contributed by atoms with E-state index < -0.39 is 18.5 Å². The molecule has 1 fully saturated rings. The topological polar surface area (TPSA) is 59.2 Å². The molecular weight excluding hydrogens is 402 g/mol. The molecule has 0 N–H and O–H groups in total. The van der Waals surface area contributed by atoms with Gasteiger partial charge in [-0.05, 0) is 37.5 Å². The second kappa shape index (κ2) is 8.37. The first-order valence-electron chi connectivity index (χ1n) is 10.9. The zero-order valence-corrected chi connectivity index (χ0v) is 17.4. The Bertz CT molecular complexity index is 1130. The van der Waals surface area contributed by atoms with Gasteiger partial charge in [0.05, 0.1) is 30.3 Å². The van der Waals surface area contributed by atoms with Gasteiger partial charge in [0.2, 0.25) is 0 Å². The number of fused-ring (bicyclic) bond motifs is 2. The maximum atomic E-state index is 12.6. The second-order valence-electron chi connectivity index (χ2n) is 8.33. The predicted molar refractivity (Wildman–Crippen MR) is 115 cm³/mol. The van der Waals surface area contributed by atoms with Crippen molar-refractivity contribution >= 4 is 16.6 Å². The van der Waals surface area contributed by atoms with E-state index in [9.17, 15) is 13.6 Å². The summed E-state index contributed by atoms with van der Waals surface area (Å²) in [4.78, 5) is 26.0. The van der Waals surface area contributed by atoms with Gasteiger partial charge >= 0.3 is 0 Å². The molecule has 2 aliphatic rings. The molecule has 9 heteroatoms. The van der Waals surface area contributed by atoms with Crippen LogP contribution in [0.3, 0.4) is 0 Å². The van der Waals surface area contributed by atoms with E-state index in [1.165, 1.54) is 24.9 Å². The molecule has 0 saturated carbocycles. The fourth-order valence-corrected chi connectivity index (χ4v) is 4.61. The van der Waals surface area contributed by atoms with Crippen LogP contribution in [0.1, 0.15) is 24.4 Å². The van der Waals surface area contributed by atoms with Crippen molar-refractivity contribution in [3.8, 4) is 0 Å². The maximum Gasteiger partial charge on any atom is 0.261 e. The van der Waals surface area contributed by atoms with Crippen molar-refractivity contribution in [3.05, 3.63) is 52.6 Å². The number of hydrogen-bond acceptors (Lipinski definition) is 5. The number of aromatic nitrogens is 4. The van der Waals surface area contributed by atoms with Crippen LogP contribution in [0.4, 0.5) is 14.5 Å². The lowest BCUT2D eigenvalue weighted by molar-refractivity contribution is 0.125. The van der Waals surface area contributed by atoms with Crippen molar-refractivity contribution in [1.82, 2.24) is 24.0 Å². The van der Waals surface area contributed by atoms with E-state index in [4.69, 9.17) is 0 Å². The highest BCUT2D eigenvalue weighted by molar-refractivity contribution is 5.81. The van der Waals surface area contributed by atoms with Crippen LogP contribution in [0.15, 0.2) is 35.5 Å². The minimum absolute atomic E-state index is 0.370. The molecule has 3 aromatic rings. The van der Waals surface area contributed by atoms with E-state index in [1.54, 1.807) is 6.07 Å². The van der Waals surface area contributed by atoms with E-state index in [0.717, 1.165) is 61.8 Å². The zero-order chi connectivity index (χ0) is 21.4. The summed E-state index contributed by atoms with van der Waals surface area (Å²) in [7, 11) is 0. The monoisotopic (exact) mass is 428 g/mol. The molecular formula is C22H26F2N6O. The lowest BCUT2D eigenvalue weighted by atomic mass is 10.1. The second-order valence-corrected chi connectivity index (χ2v) is 8.33. The summed E-state index contributed by atoms with van der Waals surface area (Å²) < 4.78 is 28.6. The normalized spacial score (nSPS) is 17.5. The van der Waals surface area contributed by atoms with Gasteiger partial charge in [0.15, 0.2) is 0 Å². The summed E-state index contributed by atoms with van der Waals surface area (Å²) in [5, 5.41) is 0.370. The average Bonchev–Trinajstić information content (AvgIpc) is 3.19. The number of imidazole rings is 1. The standard InChI is InChI=1S/C22H26F2N6O/c23-20(24)13-29-15-26-19-11-16(4-5-18(19)22(29)31)28-9-7-27(8-10-28)14-21-25-12-17-3-1-2-6-30(17)21/h4-5,11-12,15,20H,1-3,6-10,13-14H2. The molecule has 1 aromatic carbocycles. The first kappa shape index (κ1) is 20.1. The van der Waals surface area contributed by atoms with Gasteiger partial charge in [-0.1, -0.05) is 0 Å². The molecule has 7 nitrogen and oxygen atoms in total. The Balaban J connectivity index is 1.26. The third kappa shape index (κ3) is 4.06. The summed E-state index contributed by atoms with van der Waals surface area (Å²) >= 11 is 0. The van der Waals surface area contributed by atoms with Gasteiger partial charge in [-0.25, -0.2) is 18.7 Å². The minimum Gasteiger partial charge on any atom is -0.369 e. The first-order valence-corrected chi connectivity index (χ1v) is 10.9. The number of alkyl halides is 2. The minimum atomic E-state index is -2.58. The van der Waals surface area contributed by atoms with E-state index >= 15 is 0 Å². The SMILES string of the molecule is O=c1c2ccc(N3CCN(Cc4ncc5n4CCCC5)CC3)cc2ncn1CC(F)F. The fraction of sp³-hybridized carbons (Fsp3) is 0.500. The zero-order valence-electron chi connectivity index (χ0n) is 17.4. The number of rotatable bonds is 5. The van der Waals surface area contributed by atoms with Crippen molar-refractivity contribution in [3.63, 3.8) is 0 Å². The Morgan fingerprint density at radius 2 is 1.87 bits per heavy atom. The fourth-order valence-electron chi connectivity index (χ4n) is 4.61. The molecule has 0 atom stereocenters. The number of halogens is 2. The van der Waals surface area contributed by atoms with E-state index in [1.807, 2.05) is 18.3 Å². The summed E-state index contributed by atoms with van der Waals surface area (Å²) in [6.45, 7) is 4.94. The van der Waals surface area contributed by atoms with Crippen molar-refractivity contribution < 1.29 is 8.78 Å². The largest absolute Gasteiger partial charge is 0.369 e. The predicted octanol–water partition coefficient (Wildman–Crippen LogP) is 2.52. The maximum absolute atomic E-state index is 12.6. The van der Waals surface area contributed by atoms with E-state index in [2.05, 4.69) is 24.3 Å². The Morgan fingerprint density at radius 3 is 2.68 bits per heavy atom. The van der Waals surface area contributed by atoms with Crippen molar-refractivity contribution in [1.29, 1.82) is 0 Å². The van der Waals surface area contributed by atoms with Gasteiger partial charge < -0.3 is 9.47 Å². The van der Waals surface area contributed by atoms with Crippen LogP contribution in [0.25, 0.3) is 10.9 Å². The van der Waals surface area contributed by atoms with Crippen LogP contribution in [0.5, 0.6) is 0 Å². The molecule has 0 unspecified atom stereocenters. The summed E-state index contributed by atoms with van der Waals surface area (Å²) in [6.07, 6.45) is 4.27. The van der Waals surface area contributed by atoms with Gasteiger partial charge in [0.25, 0.3) is 12.0 Å². The third-order valence-electron chi connectivity index (χ3n) is 6.33. The molecule has 31 heavy (non-hydrogen) atoms. The van der Waals surface area contributed by atoms with Crippen LogP contribution < -0.4 is 10.5 Å². The number of aryl methyl sites for hydroxylation is 1. The summed E-state index contributed by atoms with van der Waals surface area (Å²) in [5.41, 5.74) is 2.48. The van der Waals surface area contributed by atoms with Crippen LogP contribution in [0.2, 0.25) is 0 Å². The Labute approximate surface area is 178 Å². The van der Waals surface area contributed by atoms with Gasteiger partial charge in [-0.15, -0.1) is 0 Å². The van der Waals surface area contributed by atoms with Gasteiger partial charge in [0.1, 0.15) is 5.82 Å². The first-order chi connectivity index (χ1) is 15.1. The molecule has 2 aromatic heterocycles. The number of benzene rings is 1. The molecule has 1 saturated heterocycles. The highest BCUT2D eigenvalue weighted by Crippen LogP contribution is 2.22. The highest BCUT2D eigenvalue weighted by Gasteiger charge is 2.21. The van der Waals surface area contributed by atoms with Crippen LogP contribution in [-0.4, -0.2) is 56.6 Å². The lowest BCUT2D eigenvalue weighted by Gasteiger charge is -2.36. The van der Waals surface area contributed by atoms with Crippen LogP contribution in [-0.2, 0) is 26.1 Å². The van der Waals surface area contributed by atoms with E-state index in [0.29, 0.717) is 10.9 Å². The Morgan fingerprint density at radius 1 is 1.03 bits per heavy atom. The Hall–Kier alpha value is -2.81. The molecule has 0 amide bonds. The van der Waals surface area contributed by atoms with Gasteiger partial charge in [-0.3, -0.25) is 14.3 Å². The van der Waals surface area contributed by atoms with Crippen molar-refractivity contribution in [2.75, 3.05) is 31.1 Å². The average molecular weight is 428 g/mol. The van der Waals surface area contributed by atoms with Crippen molar-refractivity contribution in [2.24, 2.45) is 0 Å². The van der Waals surface area contributed by atoms with Gasteiger partial charge in [0, 0.05) is 50.3 Å². The number of piperazine rings is 1.